The molecule has 0 unspecified atom stereocenters. The van der Waals surface area contributed by atoms with E-state index in [-0.39, 0.29) is 11.8 Å². The minimum atomic E-state index is -0.153. The summed E-state index contributed by atoms with van der Waals surface area (Å²) in [6.07, 6.45) is 2.82. The van der Waals surface area contributed by atoms with E-state index in [9.17, 15) is 9.59 Å². The van der Waals surface area contributed by atoms with Crippen molar-refractivity contribution in [3.05, 3.63) is 53.6 Å². The fourth-order valence-electron chi connectivity index (χ4n) is 3.84. The van der Waals surface area contributed by atoms with E-state index in [0.29, 0.717) is 12.0 Å². The standard InChI is InChI=1S/C22H25N3O2/c1-15-9-11-25(12-10-15)19-6-4-18(5-7-19)23-22(27)16-3-8-20-17(13-16)14-21(26)24(20)2/h3-8,13,15H,9-12,14H2,1-2H3,(H,23,27). The topological polar surface area (TPSA) is 52.7 Å². The summed E-state index contributed by atoms with van der Waals surface area (Å²) in [7, 11) is 1.76. The molecule has 2 amide bonds. The van der Waals surface area contributed by atoms with Crippen molar-refractivity contribution in [2.75, 3.05) is 35.3 Å². The van der Waals surface area contributed by atoms with Gasteiger partial charge in [-0.2, -0.15) is 0 Å². The summed E-state index contributed by atoms with van der Waals surface area (Å²) < 4.78 is 0. The molecule has 0 radical (unpaired) electrons. The summed E-state index contributed by atoms with van der Waals surface area (Å²) in [5, 5.41) is 2.95. The van der Waals surface area contributed by atoms with Crippen LogP contribution in [0.5, 0.6) is 0 Å². The number of rotatable bonds is 3. The highest BCUT2D eigenvalue weighted by atomic mass is 16.2. The summed E-state index contributed by atoms with van der Waals surface area (Å²) >= 11 is 0. The SMILES string of the molecule is CC1CCN(c2ccc(NC(=O)c3ccc4c(c3)CC(=O)N4C)cc2)CC1. The smallest absolute Gasteiger partial charge is 0.255 e. The van der Waals surface area contributed by atoms with Crippen LogP contribution in [0.3, 0.4) is 0 Å². The van der Waals surface area contributed by atoms with Gasteiger partial charge in [0.15, 0.2) is 0 Å². The lowest BCUT2D eigenvalue weighted by Crippen LogP contribution is -2.32. The molecule has 2 aromatic rings. The van der Waals surface area contributed by atoms with Gasteiger partial charge in [0.2, 0.25) is 5.91 Å². The molecular weight excluding hydrogens is 338 g/mol. The summed E-state index contributed by atoms with van der Waals surface area (Å²) in [5.74, 6) is 0.715. The first kappa shape index (κ1) is 17.6. The first-order chi connectivity index (χ1) is 13.0. The highest BCUT2D eigenvalue weighted by Gasteiger charge is 2.24. The average Bonchev–Trinajstić information content (AvgIpc) is 2.96. The maximum absolute atomic E-state index is 12.6. The van der Waals surface area contributed by atoms with E-state index in [1.807, 2.05) is 24.3 Å². The molecule has 1 fully saturated rings. The molecule has 1 saturated heterocycles. The van der Waals surface area contributed by atoms with Crippen molar-refractivity contribution < 1.29 is 9.59 Å². The molecule has 2 heterocycles. The van der Waals surface area contributed by atoms with Gasteiger partial charge in [-0.3, -0.25) is 9.59 Å². The molecule has 5 nitrogen and oxygen atoms in total. The second-order valence-corrected chi connectivity index (χ2v) is 7.64. The van der Waals surface area contributed by atoms with Crippen LogP contribution in [0.4, 0.5) is 17.1 Å². The lowest BCUT2D eigenvalue weighted by molar-refractivity contribution is -0.117. The molecule has 4 rings (SSSR count). The second kappa shape index (κ2) is 7.06. The molecule has 0 spiro atoms. The number of hydrogen-bond acceptors (Lipinski definition) is 3. The zero-order valence-electron chi connectivity index (χ0n) is 15.9. The van der Waals surface area contributed by atoms with Gasteiger partial charge in [-0.1, -0.05) is 6.92 Å². The van der Waals surface area contributed by atoms with E-state index in [1.54, 1.807) is 18.0 Å². The van der Waals surface area contributed by atoms with Gasteiger partial charge in [0.05, 0.1) is 6.42 Å². The Bertz CT molecular complexity index is 868. The Labute approximate surface area is 160 Å². The second-order valence-electron chi connectivity index (χ2n) is 7.64. The number of benzene rings is 2. The summed E-state index contributed by atoms with van der Waals surface area (Å²) in [6, 6.07) is 13.5. The van der Waals surface area contributed by atoms with Crippen LogP contribution < -0.4 is 15.1 Å². The van der Waals surface area contributed by atoms with Gasteiger partial charge in [-0.15, -0.1) is 0 Å². The zero-order valence-corrected chi connectivity index (χ0v) is 15.9. The minimum Gasteiger partial charge on any atom is -0.372 e. The normalized spacial score (nSPS) is 17.2. The molecule has 0 bridgehead atoms. The predicted octanol–water partition coefficient (Wildman–Crippen LogP) is 3.69. The third-order valence-electron chi connectivity index (χ3n) is 5.69. The molecule has 0 aromatic heterocycles. The predicted molar refractivity (Wildman–Crippen MR) is 109 cm³/mol. The van der Waals surface area contributed by atoms with Crippen molar-refractivity contribution in [2.45, 2.75) is 26.2 Å². The fourth-order valence-corrected chi connectivity index (χ4v) is 3.84. The van der Waals surface area contributed by atoms with Crippen LogP contribution in [-0.4, -0.2) is 32.0 Å². The van der Waals surface area contributed by atoms with Gasteiger partial charge in [0, 0.05) is 42.8 Å². The van der Waals surface area contributed by atoms with Crippen LogP contribution in [0.25, 0.3) is 0 Å². The summed E-state index contributed by atoms with van der Waals surface area (Å²) in [4.78, 5) is 28.4. The van der Waals surface area contributed by atoms with Crippen LogP contribution in [0.1, 0.15) is 35.7 Å². The Morgan fingerprint density at radius 1 is 1.07 bits per heavy atom. The highest BCUT2D eigenvalue weighted by molar-refractivity contribution is 6.07. The molecule has 27 heavy (non-hydrogen) atoms. The Balaban J connectivity index is 1.43. The van der Waals surface area contributed by atoms with E-state index in [2.05, 4.69) is 29.3 Å². The van der Waals surface area contributed by atoms with Crippen LogP contribution >= 0.6 is 0 Å². The number of nitrogens with one attached hydrogen (secondary N) is 1. The molecule has 0 atom stereocenters. The summed E-state index contributed by atoms with van der Waals surface area (Å²) in [6.45, 7) is 4.49. The number of carbonyl (C=O) groups excluding carboxylic acids is 2. The molecule has 0 aliphatic carbocycles. The van der Waals surface area contributed by atoms with Gasteiger partial charge in [0.25, 0.3) is 5.91 Å². The number of nitrogens with zero attached hydrogens (tertiary/aromatic N) is 2. The molecule has 5 heteroatoms. The number of likely N-dealkylation sites (N-methyl/N-ethyl adjacent to an activating group) is 1. The first-order valence-electron chi connectivity index (χ1n) is 9.57. The van der Waals surface area contributed by atoms with Gasteiger partial charge in [0.1, 0.15) is 0 Å². The van der Waals surface area contributed by atoms with E-state index >= 15 is 0 Å². The lowest BCUT2D eigenvalue weighted by Gasteiger charge is -2.32. The Morgan fingerprint density at radius 3 is 2.48 bits per heavy atom. The molecule has 2 aromatic carbocycles. The van der Waals surface area contributed by atoms with Gasteiger partial charge >= 0.3 is 0 Å². The number of piperidine rings is 1. The Kier molecular flexibility index (Phi) is 4.60. The zero-order chi connectivity index (χ0) is 19.0. The van der Waals surface area contributed by atoms with Crippen molar-refractivity contribution in [1.29, 1.82) is 0 Å². The van der Waals surface area contributed by atoms with Crippen molar-refractivity contribution >= 4 is 28.9 Å². The molecular formula is C22H25N3O2. The van der Waals surface area contributed by atoms with Crippen LogP contribution in [0.2, 0.25) is 0 Å². The number of hydrogen-bond donors (Lipinski definition) is 1. The van der Waals surface area contributed by atoms with Crippen LogP contribution in [-0.2, 0) is 11.2 Å². The maximum Gasteiger partial charge on any atom is 0.255 e. The number of anilines is 3. The Hall–Kier alpha value is -2.82. The molecule has 0 saturated carbocycles. The third-order valence-corrected chi connectivity index (χ3v) is 5.69. The van der Waals surface area contributed by atoms with E-state index in [1.165, 1.54) is 18.5 Å². The van der Waals surface area contributed by atoms with Crippen molar-refractivity contribution in [3.8, 4) is 0 Å². The Morgan fingerprint density at radius 2 is 1.78 bits per heavy atom. The summed E-state index contributed by atoms with van der Waals surface area (Å²) in [5.41, 5.74) is 4.36. The van der Waals surface area contributed by atoms with Gasteiger partial charge in [-0.05, 0) is 66.8 Å². The van der Waals surface area contributed by atoms with Crippen LogP contribution in [0.15, 0.2) is 42.5 Å². The van der Waals surface area contributed by atoms with Gasteiger partial charge in [-0.25, -0.2) is 0 Å². The maximum atomic E-state index is 12.6. The molecule has 2 aliphatic heterocycles. The number of amides is 2. The highest BCUT2D eigenvalue weighted by Crippen LogP contribution is 2.29. The monoisotopic (exact) mass is 363 g/mol. The van der Waals surface area contributed by atoms with E-state index in [4.69, 9.17) is 0 Å². The minimum absolute atomic E-state index is 0.0604. The van der Waals surface area contributed by atoms with Crippen molar-refractivity contribution in [1.82, 2.24) is 0 Å². The third kappa shape index (κ3) is 3.54. The lowest BCUT2D eigenvalue weighted by atomic mass is 9.99. The largest absolute Gasteiger partial charge is 0.372 e. The van der Waals surface area contributed by atoms with E-state index in [0.717, 1.165) is 35.9 Å². The van der Waals surface area contributed by atoms with Crippen LogP contribution in [0, 0.1) is 5.92 Å². The quantitative estimate of drug-likeness (QED) is 0.905. The molecule has 140 valence electrons. The number of fused-ring (bicyclic) bond motifs is 1. The molecule has 1 N–H and O–H groups in total. The van der Waals surface area contributed by atoms with Crippen molar-refractivity contribution in [3.63, 3.8) is 0 Å². The molecule has 2 aliphatic rings. The first-order valence-corrected chi connectivity index (χ1v) is 9.57. The fraction of sp³-hybridized carbons (Fsp3) is 0.364. The average molecular weight is 363 g/mol. The van der Waals surface area contributed by atoms with Crippen molar-refractivity contribution in [2.24, 2.45) is 5.92 Å². The van der Waals surface area contributed by atoms with Gasteiger partial charge < -0.3 is 15.1 Å². The van der Waals surface area contributed by atoms with E-state index < -0.39 is 0 Å². The number of carbonyl (C=O) groups is 2.